The monoisotopic (exact) mass is 178 g/mol. The van der Waals surface area contributed by atoms with Gasteiger partial charge in [-0.05, 0) is 26.0 Å². The molecule has 0 atom stereocenters. The van der Waals surface area contributed by atoms with E-state index >= 15 is 0 Å². The first kappa shape index (κ1) is 8.95. The maximum absolute atomic E-state index is 8.69. The van der Waals surface area contributed by atoms with E-state index in [2.05, 4.69) is 6.07 Å². The van der Waals surface area contributed by atoms with Crippen LogP contribution in [0.5, 0.6) is 0 Å². The van der Waals surface area contributed by atoms with Crippen LogP contribution < -0.4 is 0 Å². The molecule has 0 bridgehead atoms. The van der Waals surface area contributed by atoms with Crippen molar-refractivity contribution in [3.8, 4) is 6.07 Å². The van der Waals surface area contributed by atoms with E-state index in [1.165, 1.54) is 0 Å². The lowest BCUT2D eigenvalue weighted by atomic mass is 10.3. The van der Waals surface area contributed by atoms with Gasteiger partial charge >= 0.3 is 0 Å². The summed E-state index contributed by atoms with van der Waals surface area (Å²) in [5, 5.41) is 8.69. The molecule has 0 saturated carbocycles. The molecule has 0 spiro atoms. The summed E-state index contributed by atoms with van der Waals surface area (Å²) in [6.07, 6.45) is 1.90. The number of aromatic nitrogens is 1. The van der Waals surface area contributed by atoms with Crippen molar-refractivity contribution in [2.24, 2.45) is 0 Å². The van der Waals surface area contributed by atoms with Gasteiger partial charge in [-0.3, -0.25) is 0 Å². The van der Waals surface area contributed by atoms with Crippen molar-refractivity contribution in [1.82, 2.24) is 4.57 Å². The lowest BCUT2D eigenvalue weighted by Crippen LogP contribution is -2.03. The summed E-state index contributed by atoms with van der Waals surface area (Å²) in [6.45, 7) is 4.08. The molecule has 0 aliphatic heterocycles. The molecule has 0 aliphatic carbocycles. The molecule has 1 rings (SSSR count). The Kier molecular flexibility index (Phi) is 2.61. The van der Waals surface area contributed by atoms with Gasteiger partial charge in [-0.2, -0.15) is 5.26 Å². The third-order valence-corrected chi connectivity index (χ3v) is 2.08. The highest BCUT2D eigenvalue weighted by Crippen LogP contribution is 2.08. The van der Waals surface area contributed by atoms with Crippen molar-refractivity contribution in [3.05, 3.63) is 28.5 Å². The fourth-order valence-electron chi connectivity index (χ4n) is 1.00. The van der Waals surface area contributed by atoms with Crippen molar-refractivity contribution in [3.63, 3.8) is 0 Å². The third kappa shape index (κ3) is 1.54. The van der Waals surface area contributed by atoms with Gasteiger partial charge in [0.1, 0.15) is 10.7 Å². The summed E-state index contributed by atoms with van der Waals surface area (Å²) < 4.78 is 2.53. The van der Waals surface area contributed by atoms with Crippen molar-refractivity contribution in [2.45, 2.75) is 19.9 Å². The Morgan fingerprint density at radius 3 is 2.75 bits per heavy atom. The summed E-state index contributed by atoms with van der Waals surface area (Å²) >= 11 is 5.11. The van der Waals surface area contributed by atoms with E-state index < -0.39 is 0 Å². The minimum absolute atomic E-state index is 0.311. The van der Waals surface area contributed by atoms with Crippen LogP contribution >= 0.6 is 12.2 Å². The fraction of sp³-hybridized carbons (Fsp3) is 0.333. The third-order valence-electron chi connectivity index (χ3n) is 1.65. The highest BCUT2D eigenvalue weighted by Gasteiger charge is 2.00. The molecule has 0 saturated heterocycles. The van der Waals surface area contributed by atoms with Crippen LogP contribution in [0.3, 0.4) is 0 Å². The first-order chi connectivity index (χ1) is 5.66. The Morgan fingerprint density at radius 2 is 2.25 bits per heavy atom. The van der Waals surface area contributed by atoms with Crippen LogP contribution in [-0.2, 0) is 0 Å². The quantitative estimate of drug-likeness (QED) is 0.618. The average molecular weight is 178 g/mol. The molecule has 0 amide bonds. The van der Waals surface area contributed by atoms with Crippen molar-refractivity contribution >= 4 is 12.2 Å². The molecule has 1 aromatic rings. The van der Waals surface area contributed by atoms with Gasteiger partial charge in [0.05, 0.1) is 5.56 Å². The number of pyridine rings is 1. The van der Waals surface area contributed by atoms with Crippen LogP contribution in [0.2, 0.25) is 0 Å². The molecule has 1 aromatic heterocycles. The molecule has 0 N–H and O–H groups in total. The maximum atomic E-state index is 8.69. The fourth-order valence-corrected chi connectivity index (χ4v) is 1.39. The Hall–Kier alpha value is -1.14. The first-order valence-corrected chi connectivity index (χ1v) is 4.19. The highest BCUT2D eigenvalue weighted by atomic mass is 32.1. The molecule has 0 aromatic carbocycles. The summed E-state index contributed by atoms with van der Waals surface area (Å²) in [4.78, 5) is 0. The topological polar surface area (TPSA) is 28.7 Å². The van der Waals surface area contributed by atoms with E-state index in [1.54, 1.807) is 6.07 Å². The second kappa shape index (κ2) is 3.51. The number of rotatable bonds is 1. The zero-order chi connectivity index (χ0) is 9.14. The van der Waals surface area contributed by atoms with Crippen LogP contribution in [0, 0.1) is 16.0 Å². The van der Waals surface area contributed by atoms with Crippen LogP contribution in [0.25, 0.3) is 0 Å². The van der Waals surface area contributed by atoms with E-state index in [-0.39, 0.29) is 0 Å². The van der Waals surface area contributed by atoms with Crippen LogP contribution in [0.1, 0.15) is 25.5 Å². The highest BCUT2D eigenvalue weighted by molar-refractivity contribution is 7.71. The lowest BCUT2D eigenvalue weighted by molar-refractivity contribution is 0.588. The summed E-state index contributed by atoms with van der Waals surface area (Å²) in [6, 6.07) is 5.96. The SMILES string of the molecule is CC(C)n1cccc(C#N)c1=S. The standard InChI is InChI=1S/C9H10N2S/c1-7(2)11-5-3-4-8(6-10)9(11)12/h3-5,7H,1-2H3. The summed E-state index contributed by atoms with van der Waals surface area (Å²) in [7, 11) is 0. The van der Waals surface area contributed by atoms with Gasteiger partial charge in [-0.1, -0.05) is 12.2 Å². The zero-order valence-corrected chi connectivity index (χ0v) is 7.93. The smallest absolute Gasteiger partial charge is 0.124 e. The predicted octanol–water partition coefficient (Wildman–Crippen LogP) is 2.67. The van der Waals surface area contributed by atoms with Crippen LogP contribution in [-0.4, -0.2) is 4.57 Å². The first-order valence-electron chi connectivity index (χ1n) is 3.78. The van der Waals surface area contributed by atoms with Gasteiger partial charge in [-0.25, -0.2) is 0 Å². The molecule has 3 heteroatoms. The van der Waals surface area contributed by atoms with Gasteiger partial charge in [0.25, 0.3) is 0 Å². The van der Waals surface area contributed by atoms with E-state index in [9.17, 15) is 0 Å². The molecule has 62 valence electrons. The van der Waals surface area contributed by atoms with Gasteiger partial charge < -0.3 is 4.57 Å². The van der Waals surface area contributed by atoms with Crippen molar-refractivity contribution < 1.29 is 0 Å². The molecule has 2 nitrogen and oxygen atoms in total. The Morgan fingerprint density at radius 1 is 1.58 bits per heavy atom. The van der Waals surface area contributed by atoms with Crippen LogP contribution in [0.15, 0.2) is 18.3 Å². The largest absolute Gasteiger partial charge is 0.336 e. The van der Waals surface area contributed by atoms with E-state index in [4.69, 9.17) is 17.5 Å². The Balaban J connectivity index is 3.36. The van der Waals surface area contributed by atoms with E-state index in [1.807, 2.05) is 30.7 Å². The normalized spacial score (nSPS) is 9.83. The zero-order valence-electron chi connectivity index (χ0n) is 7.11. The summed E-state index contributed by atoms with van der Waals surface area (Å²) in [5.41, 5.74) is 0.571. The van der Waals surface area contributed by atoms with Gasteiger partial charge in [0.15, 0.2) is 0 Å². The number of hydrogen-bond donors (Lipinski definition) is 0. The van der Waals surface area contributed by atoms with Gasteiger partial charge in [0.2, 0.25) is 0 Å². The maximum Gasteiger partial charge on any atom is 0.124 e. The minimum Gasteiger partial charge on any atom is -0.336 e. The summed E-state index contributed by atoms with van der Waals surface area (Å²) in [5.74, 6) is 0. The van der Waals surface area contributed by atoms with Crippen molar-refractivity contribution in [2.75, 3.05) is 0 Å². The van der Waals surface area contributed by atoms with Crippen LogP contribution in [0.4, 0.5) is 0 Å². The molecule has 1 heterocycles. The second-order valence-electron chi connectivity index (χ2n) is 2.84. The number of nitriles is 1. The molecular formula is C9H10N2S. The average Bonchev–Trinajstić information content (AvgIpc) is 2.04. The molecule has 12 heavy (non-hydrogen) atoms. The number of hydrogen-bond acceptors (Lipinski definition) is 2. The molecule has 0 aliphatic rings. The van der Waals surface area contributed by atoms with E-state index in [0.29, 0.717) is 16.2 Å². The number of nitrogens with zero attached hydrogens (tertiary/aromatic N) is 2. The molecule has 0 radical (unpaired) electrons. The predicted molar refractivity (Wildman–Crippen MR) is 50.4 cm³/mol. The van der Waals surface area contributed by atoms with E-state index in [0.717, 1.165) is 0 Å². The second-order valence-corrected chi connectivity index (χ2v) is 3.23. The minimum atomic E-state index is 0.311. The van der Waals surface area contributed by atoms with Crippen molar-refractivity contribution in [1.29, 1.82) is 5.26 Å². The Bertz CT molecular complexity index is 371. The Labute approximate surface area is 77.1 Å². The van der Waals surface area contributed by atoms with Gasteiger partial charge in [-0.15, -0.1) is 0 Å². The molecule has 0 unspecified atom stereocenters. The van der Waals surface area contributed by atoms with Gasteiger partial charge in [0, 0.05) is 12.2 Å². The lowest BCUT2D eigenvalue weighted by Gasteiger charge is -2.10. The molecular weight excluding hydrogens is 168 g/mol. The molecule has 0 fully saturated rings.